The van der Waals surface area contributed by atoms with E-state index in [4.69, 9.17) is 24.3 Å². The number of carbonyl (C=O) groups excluding carboxylic acids is 1. The molecule has 0 unspecified atom stereocenters. The zero-order valence-corrected chi connectivity index (χ0v) is 34.1. The van der Waals surface area contributed by atoms with Crippen molar-refractivity contribution in [2.24, 2.45) is 0 Å². The molecule has 5 aromatic rings. The Balaban J connectivity index is 1.33. The van der Waals surface area contributed by atoms with Crippen molar-refractivity contribution in [2.45, 2.75) is 111 Å². The van der Waals surface area contributed by atoms with Crippen molar-refractivity contribution in [3.8, 4) is 22.5 Å². The molecule has 1 fully saturated rings. The topological polar surface area (TPSA) is 166 Å². The van der Waals surface area contributed by atoms with Gasteiger partial charge in [-0.3, -0.25) is 9.48 Å². The quantitative estimate of drug-likeness (QED) is 0.101. The van der Waals surface area contributed by atoms with E-state index >= 15 is 0 Å². The van der Waals surface area contributed by atoms with E-state index in [0.717, 1.165) is 62.1 Å². The van der Waals surface area contributed by atoms with Crippen LogP contribution in [0.4, 0.5) is 4.79 Å². The van der Waals surface area contributed by atoms with Gasteiger partial charge < -0.3 is 29.2 Å². The van der Waals surface area contributed by atoms with E-state index in [1.54, 1.807) is 6.33 Å². The van der Waals surface area contributed by atoms with Crippen LogP contribution in [0, 0.1) is 20.8 Å². The molecule has 1 aliphatic heterocycles. The maximum Gasteiger partial charge on any atom is 0.407 e. The van der Waals surface area contributed by atoms with Gasteiger partial charge in [0.2, 0.25) is 0 Å². The minimum atomic E-state index is -1.31. The molecule has 288 valence electrons. The third-order valence-electron chi connectivity index (χ3n) is 10.2. The number of likely N-dealkylation sites (tertiary alicyclic amines) is 1. The summed E-state index contributed by atoms with van der Waals surface area (Å²) in [4.78, 5) is 39.9. The Morgan fingerprint density at radius 2 is 1.81 bits per heavy atom. The van der Waals surface area contributed by atoms with E-state index < -0.39 is 20.1 Å². The molecule has 15 heteroatoms. The van der Waals surface area contributed by atoms with Crippen molar-refractivity contribution in [2.75, 3.05) is 19.7 Å². The smallest absolute Gasteiger partial charge is 0.407 e. The molecule has 54 heavy (non-hydrogen) atoms. The molecule has 4 aromatic heterocycles. The molecule has 6 rings (SSSR count). The molecule has 0 bridgehead atoms. The number of hydrogen-bond donors (Lipinski definition) is 2. The first kappa shape index (κ1) is 38.8. The molecule has 0 aliphatic carbocycles. The van der Waals surface area contributed by atoms with Gasteiger partial charge in [-0.1, -0.05) is 57.7 Å². The second kappa shape index (κ2) is 15.1. The molecule has 0 saturated carbocycles. The number of carbonyl (C=O) groups is 2. The Morgan fingerprint density at radius 3 is 2.44 bits per heavy atom. The van der Waals surface area contributed by atoms with Gasteiger partial charge in [0.25, 0.3) is 0 Å². The van der Waals surface area contributed by atoms with Gasteiger partial charge in [-0.25, -0.2) is 14.8 Å². The molecular weight excluding hydrogens is 703 g/mol. The summed E-state index contributed by atoms with van der Waals surface area (Å²) in [6, 6.07) is 9.11. The minimum absolute atomic E-state index is 0.0613. The van der Waals surface area contributed by atoms with Crippen molar-refractivity contribution >= 4 is 31.1 Å². The number of aryl methyl sites for hydroxylation is 2. The summed E-state index contributed by atoms with van der Waals surface area (Å²) in [7, 11) is -1.31. The number of piperidine rings is 1. The van der Waals surface area contributed by atoms with Gasteiger partial charge in [0.05, 0.1) is 29.2 Å². The largest absolute Gasteiger partial charge is 0.465 e. The Kier molecular flexibility index (Phi) is 10.8. The molecule has 2 amide bonds. The average Bonchev–Trinajstić information content (AvgIpc) is 3.82. The molecule has 1 atom stereocenters. The lowest BCUT2D eigenvalue weighted by molar-refractivity contribution is 0.0894. The first-order valence-electron chi connectivity index (χ1n) is 18.6. The van der Waals surface area contributed by atoms with Crippen molar-refractivity contribution in [1.82, 2.24) is 44.7 Å². The number of benzene rings is 1. The van der Waals surface area contributed by atoms with Crippen LogP contribution in [-0.2, 0) is 16.9 Å². The van der Waals surface area contributed by atoms with Crippen LogP contribution < -0.4 is 5.32 Å². The summed E-state index contributed by atoms with van der Waals surface area (Å²) >= 11 is 0. The van der Waals surface area contributed by atoms with Crippen molar-refractivity contribution in [3.63, 3.8) is 0 Å². The fourth-order valence-electron chi connectivity index (χ4n) is 7.12. The molecule has 2 N–H and O–H groups in total. The van der Waals surface area contributed by atoms with Crippen molar-refractivity contribution < 1.29 is 24.0 Å². The fraction of sp³-hybridized carbons (Fsp3) is 0.513. The van der Waals surface area contributed by atoms with Gasteiger partial charge in [-0.2, -0.15) is 10.1 Å². The number of carboxylic acid groups (broad SMARTS) is 1. The minimum Gasteiger partial charge on any atom is -0.465 e. The number of hydrogen-bond acceptors (Lipinski definition) is 9. The van der Waals surface area contributed by atoms with Crippen LogP contribution in [0.3, 0.4) is 0 Å². The standard InChI is InChI=1S/C39H53N9O5Si/c1-23-19-27(11-12-29(23)24(2)42-35(49)36-43-37(45-53-36)39(5,6)7)33-30-20-31(47(34(30)41-21-40-33)22-52-17-18-54(8,9)10)32-25(3)44-48(26(32)4)28-13-15-46(16-14-28)38(50)51/h11-12,19-21,24,28H,13-18,22H2,1-10H3,(H,42,49)(H,50,51)/t24-/m1/s1. The van der Waals surface area contributed by atoms with Crippen molar-refractivity contribution in [3.05, 3.63) is 64.8 Å². The highest BCUT2D eigenvalue weighted by Crippen LogP contribution is 2.38. The molecule has 0 radical (unpaired) electrons. The molecule has 14 nitrogen and oxygen atoms in total. The summed E-state index contributed by atoms with van der Waals surface area (Å²) in [6.07, 6.45) is 2.14. The van der Waals surface area contributed by atoms with Gasteiger partial charge in [0.1, 0.15) is 18.7 Å². The number of ether oxygens (including phenoxy) is 1. The third-order valence-corrected chi connectivity index (χ3v) is 11.9. The lowest BCUT2D eigenvalue weighted by Crippen LogP contribution is -2.38. The van der Waals surface area contributed by atoms with Crippen LogP contribution in [0.5, 0.6) is 0 Å². The average molecular weight is 756 g/mol. The Morgan fingerprint density at radius 1 is 1.09 bits per heavy atom. The van der Waals surface area contributed by atoms with Crippen LogP contribution in [-0.4, -0.2) is 84.2 Å². The molecular formula is C39H53N9O5Si. The van der Waals surface area contributed by atoms with Crippen LogP contribution in [0.2, 0.25) is 25.7 Å². The molecule has 1 aromatic carbocycles. The molecule has 0 spiro atoms. The van der Waals surface area contributed by atoms with Crippen LogP contribution in [0.1, 0.15) is 91.6 Å². The summed E-state index contributed by atoms with van der Waals surface area (Å²) < 4.78 is 15.8. The van der Waals surface area contributed by atoms with Gasteiger partial charge in [-0.05, 0) is 69.8 Å². The SMILES string of the molecule is Cc1cc(-c2ncnc3c2cc(-c2c(C)nn(C4CCN(C(=O)O)CC4)c2C)n3COCC[Si](C)(C)C)ccc1[C@@H](C)NC(=O)c1nc(C(C)(C)C)no1. The van der Waals surface area contributed by atoms with Gasteiger partial charge in [0, 0.05) is 55.4 Å². The Hall–Kier alpha value is -4.89. The normalized spacial score (nSPS) is 14.9. The van der Waals surface area contributed by atoms with E-state index in [-0.39, 0.29) is 23.4 Å². The Bertz CT molecular complexity index is 2170. The van der Waals surface area contributed by atoms with E-state index in [1.165, 1.54) is 4.90 Å². The summed E-state index contributed by atoms with van der Waals surface area (Å²) in [5, 5.41) is 22.4. The fourth-order valence-corrected chi connectivity index (χ4v) is 7.88. The van der Waals surface area contributed by atoms with E-state index in [0.29, 0.717) is 45.1 Å². The van der Waals surface area contributed by atoms with Crippen LogP contribution >= 0.6 is 0 Å². The molecule has 1 aliphatic rings. The van der Waals surface area contributed by atoms with Crippen LogP contribution in [0.25, 0.3) is 33.5 Å². The van der Waals surface area contributed by atoms with E-state index in [9.17, 15) is 14.7 Å². The lowest BCUT2D eigenvalue weighted by atomic mass is 9.96. The molecule has 5 heterocycles. The number of nitrogens with zero attached hydrogens (tertiary/aromatic N) is 8. The van der Waals surface area contributed by atoms with Gasteiger partial charge in [-0.15, -0.1) is 0 Å². The second-order valence-corrected chi connectivity index (χ2v) is 22.3. The van der Waals surface area contributed by atoms with Gasteiger partial charge >= 0.3 is 17.9 Å². The maximum atomic E-state index is 13.0. The predicted molar refractivity (Wildman–Crippen MR) is 209 cm³/mol. The number of amides is 2. The zero-order valence-electron chi connectivity index (χ0n) is 33.1. The predicted octanol–water partition coefficient (Wildman–Crippen LogP) is 7.69. The second-order valence-electron chi connectivity index (χ2n) is 16.7. The van der Waals surface area contributed by atoms with E-state index in [2.05, 4.69) is 63.4 Å². The molecule has 1 saturated heterocycles. The summed E-state index contributed by atoms with van der Waals surface area (Å²) in [6.45, 7) is 22.9. The van der Waals surface area contributed by atoms with E-state index in [1.807, 2.05) is 53.7 Å². The number of aromatic nitrogens is 7. The highest BCUT2D eigenvalue weighted by Gasteiger charge is 2.29. The summed E-state index contributed by atoms with van der Waals surface area (Å²) in [5.41, 5.74) is 7.96. The Labute approximate surface area is 317 Å². The first-order valence-corrected chi connectivity index (χ1v) is 22.4. The lowest BCUT2D eigenvalue weighted by Gasteiger charge is -2.30. The third kappa shape index (κ3) is 8.11. The number of nitrogens with one attached hydrogen (secondary N) is 1. The zero-order chi connectivity index (χ0) is 39.1. The highest BCUT2D eigenvalue weighted by molar-refractivity contribution is 6.76. The monoisotopic (exact) mass is 755 g/mol. The van der Waals surface area contributed by atoms with Gasteiger partial charge in [0.15, 0.2) is 5.82 Å². The number of fused-ring (bicyclic) bond motifs is 1. The maximum absolute atomic E-state index is 13.0. The first-order chi connectivity index (χ1) is 25.4. The summed E-state index contributed by atoms with van der Waals surface area (Å²) in [5.74, 6) is -0.00891. The number of rotatable bonds is 11. The van der Waals surface area contributed by atoms with Crippen LogP contribution in [0.15, 0.2) is 35.1 Å². The van der Waals surface area contributed by atoms with Crippen molar-refractivity contribution in [1.29, 1.82) is 0 Å². The highest BCUT2D eigenvalue weighted by atomic mass is 28.3.